The van der Waals surface area contributed by atoms with Gasteiger partial charge in [0.05, 0.1) is 12.5 Å². The second kappa shape index (κ2) is 13.3. The zero-order chi connectivity index (χ0) is 30.7. The van der Waals surface area contributed by atoms with Crippen molar-refractivity contribution in [3.05, 3.63) is 87.2 Å². The summed E-state index contributed by atoms with van der Waals surface area (Å²) in [6.07, 6.45) is 4.47. The van der Waals surface area contributed by atoms with Gasteiger partial charge in [-0.25, -0.2) is 4.39 Å². The average Bonchev–Trinajstić information content (AvgIpc) is 3.62. The number of amides is 1. The molecular formula is C34H38ClFN2O5. The van der Waals surface area contributed by atoms with Gasteiger partial charge in [0.15, 0.2) is 11.6 Å². The number of unbranched alkanes of at least 4 members (excludes halogenated alkanes) is 1. The molecule has 2 heterocycles. The number of nitrogens with zero attached hydrogens (tertiary/aromatic N) is 1. The number of likely N-dealkylation sites (tertiary alicyclic amines) is 1. The van der Waals surface area contributed by atoms with E-state index in [0.717, 1.165) is 41.6 Å². The number of hydrogen-bond donors (Lipinski definition) is 2. The number of nitrogens with one attached hydrogen (secondary N) is 1. The fourth-order valence-corrected chi connectivity index (χ4v) is 6.66. The predicted molar refractivity (Wildman–Crippen MR) is 165 cm³/mol. The zero-order valence-corrected chi connectivity index (χ0v) is 25.5. The van der Waals surface area contributed by atoms with E-state index in [1.807, 2.05) is 55.1 Å². The van der Waals surface area contributed by atoms with Crippen LogP contribution in [0.15, 0.2) is 48.5 Å². The van der Waals surface area contributed by atoms with Crippen molar-refractivity contribution in [2.45, 2.75) is 64.8 Å². The van der Waals surface area contributed by atoms with Crippen molar-refractivity contribution >= 4 is 29.2 Å². The molecule has 3 atom stereocenters. The minimum atomic E-state index is -1.01. The minimum absolute atomic E-state index is 0.0329. The number of benzene rings is 3. The Bertz CT molecular complexity index is 1470. The van der Waals surface area contributed by atoms with Crippen molar-refractivity contribution < 1.29 is 28.6 Å². The molecule has 2 aliphatic rings. The number of ether oxygens (including phenoxy) is 2. The fraction of sp³-hybridized carbons (Fsp3) is 0.412. The summed E-state index contributed by atoms with van der Waals surface area (Å²) in [6, 6.07) is 14.1. The van der Waals surface area contributed by atoms with Crippen LogP contribution < -0.4 is 14.8 Å². The van der Waals surface area contributed by atoms with Crippen LogP contribution in [0.4, 0.5) is 10.1 Å². The van der Waals surface area contributed by atoms with E-state index in [1.165, 1.54) is 11.6 Å². The summed E-state index contributed by atoms with van der Waals surface area (Å²) in [7, 11) is 0. The minimum Gasteiger partial charge on any atom is -0.481 e. The Morgan fingerprint density at radius 3 is 2.35 bits per heavy atom. The van der Waals surface area contributed by atoms with E-state index in [4.69, 9.17) is 21.1 Å². The molecule has 2 aliphatic heterocycles. The maximum absolute atomic E-state index is 15.0. The van der Waals surface area contributed by atoms with Crippen LogP contribution in [0.2, 0.25) is 5.02 Å². The Balaban J connectivity index is 1.50. The molecule has 7 nitrogen and oxygen atoms in total. The first-order valence-corrected chi connectivity index (χ1v) is 15.4. The lowest BCUT2D eigenvalue weighted by Gasteiger charge is -2.27. The molecule has 228 valence electrons. The number of aryl methyl sites for hydroxylation is 3. The molecule has 0 spiro atoms. The second-order valence-electron chi connectivity index (χ2n) is 11.3. The first-order chi connectivity index (χ1) is 20.7. The van der Waals surface area contributed by atoms with Gasteiger partial charge in [-0.15, -0.1) is 0 Å². The quantitative estimate of drug-likeness (QED) is 0.240. The molecular weight excluding hydrogens is 571 g/mol. The van der Waals surface area contributed by atoms with Crippen LogP contribution in [-0.4, -0.2) is 41.8 Å². The monoisotopic (exact) mass is 608 g/mol. The zero-order valence-electron chi connectivity index (χ0n) is 24.8. The number of aliphatic carboxylic acids is 1. The van der Waals surface area contributed by atoms with E-state index in [1.54, 1.807) is 6.07 Å². The van der Waals surface area contributed by atoms with Crippen LogP contribution in [0.5, 0.6) is 11.5 Å². The van der Waals surface area contributed by atoms with Gasteiger partial charge in [0.2, 0.25) is 18.4 Å². The van der Waals surface area contributed by atoms with Crippen LogP contribution in [0.25, 0.3) is 0 Å². The van der Waals surface area contributed by atoms with E-state index in [9.17, 15) is 19.1 Å². The van der Waals surface area contributed by atoms with Crippen molar-refractivity contribution in [2.75, 3.05) is 25.2 Å². The van der Waals surface area contributed by atoms with Gasteiger partial charge in [0.1, 0.15) is 0 Å². The van der Waals surface area contributed by atoms with E-state index < -0.39 is 29.7 Å². The highest BCUT2D eigenvalue weighted by Crippen LogP contribution is 2.48. The van der Waals surface area contributed by atoms with Crippen molar-refractivity contribution in [3.63, 3.8) is 0 Å². The maximum atomic E-state index is 15.0. The van der Waals surface area contributed by atoms with Gasteiger partial charge in [-0.1, -0.05) is 63.1 Å². The SMILES string of the molecule is CCCCc1ccc([C@H]2C(C(=O)O)[C@@H](c3cc(F)c4c(c3)OCO4)CN2CC(=O)Nc2c(CC)cc(Cl)cc2CC)cc1. The average molecular weight is 609 g/mol. The molecule has 0 aromatic heterocycles. The highest BCUT2D eigenvalue weighted by Gasteiger charge is 2.48. The maximum Gasteiger partial charge on any atom is 0.309 e. The third-order valence-corrected chi connectivity index (χ3v) is 8.76. The molecule has 1 saturated heterocycles. The van der Waals surface area contributed by atoms with Gasteiger partial charge in [0, 0.05) is 29.2 Å². The number of carbonyl (C=O) groups excluding carboxylic acids is 1. The lowest BCUT2D eigenvalue weighted by molar-refractivity contribution is -0.143. The number of fused-ring (bicyclic) bond motifs is 1. The smallest absolute Gasteiger partial charge is 0.309 e. The molecule has 0 saturated carbocycles. The van der Waals surface area contributed by atoms with Crippen LogP contribution in [0.1, 0.15) is 73.4 Å². The van der Waals surface area contributed by atoms with E-state index in [-0.39, 0.29) is 37.3 Å². The summed E-state index contributed by atoms with van der Waals surface area (Å²) in [5, 5.41) is 14.3. The van der Waals surface area contributed by atoms with Crippen LogP contribution in [0, 0.1) is 11.7 Å². The number of carboxylic acid groups (broad SMARTS) is 1. The first kappa shape index (κ1) is 30.8. The number of anilines is 1. The standard InChI is InChI=1S/C34H38ClFN2O5/c1-4-7-8-20-9-11-23(12-10-20)32-30(34(40)41)26(24-15-27(36)33-28(16-24)42-19-43-33)17-38(32)18-29(39)37-31-21(5-2)13-25(35)14-22(31)6-3/h9-16,26,30,32H,4-8,17-19H2,1-3H3,(H,37,39)(H,40,41)/t26-,30?,32+/m1/s1. The van der Waals surface area contributed by atoms with E-state index >= 15 is 0 Å². The van der Waals surface area contributed by atoms with E-state index in [2.05, 4.69) is 12.2 Å². The van der Waals surface area contributed by atoms with E-state index in [0.29, 0.717) is 23.4 Å². The molecule has 43 heavy (non-hydrogen) atoms. The number of halogens is 2. The molecule has 0 radical (unpaired) electrons. The molecule has 1 fully saturated rings. The number of carbonyl (C=O) groups is 2. The molecule has 2 N–H and O–H groups in total. The van der Waals surface area contributed by atoms with Gasteiger partial charge >= 0.3 is 5.97 Å². The number of hydrogen-bond acceptors (Lipinski definition) is 5. The molecule has 0 aliphatic carbocycles. The van der Waals surface area contributed by atoms with Crippen LogP contribution in [-0.2, 0) is 28.9 Å². The Labute approximate surface area is 256 Å². The van der Waals surface area contributed by atoms with Crippen molar-refractivity contribution in [1.82, 2.24) is 4.90 Å². The molecule has 1 unspecified atom stereocenters. The Morgan fingerprint density at radius 1 is 1.02 bits per heavy atom. The first-order valence-electron chi connectivity index (χ1n) is 15.0. The molecule has 0 bridgehead atoms. The summed E-state index contributed by atoms with van der Waals surface area (Å²) in [5.41, 5.74) is 5.11. The normalized spacial score (nSPS) is 19.5. The summed E-state index contributed by atoms with van der Waals surface area (Å²) >= 11 is 6.33. The predicted octanol–water partition coefficient (Wildman–Crippen LogP) is 7.16. The lowest BCUT2D eigenvalue weighted by Crippen LogP contribution is -2.35. The topological polar surface area (TPSA) is 88.1 Å². The van der Waals surface area contributed by atoms with Crippen molar-refractivity contribution in [3.8, 4) is 11.5 Å². The van der Waals surface area contributed by atoms with Gasteiger partial charge in [-0.05, 0) is 77.8 Å². The number of rotatable bonds is 11. The molecule has 3 aromatic rings. The molecule has 9 heteroatoms. The summed E-state index contributed by atoms with van der Waals surface area (Å²) in [6.45, 7) is 6.27. The summed E-state index contributed by atoms with van der Waals surface area (Å²) in [4.78, 5) is 28.5. The highest BCUT2D eigenvalue weighted by atomic mass is 35.5. The van der Waals surface area contributed by atoms with Gasteiger partial charge in [0.25, 0.3) is 0 Å². The Morgan fingerprint density at radius 2 is 1.72 bits per heavy atom. The Hall–Kier alpha value is -3.62. The molecule has 1 amide bonds. The second-order valence-corrected chi connectivity index (χ2v) is 11.7. The molecule has 3 aromatic carbocycles. The summed E-state index contributed by atoms with van der Waals surface area (Å²) < 4.78 is 25.7. The van der Waals surface area contributed by atoms with Crippen molar-refractivity contribution in [2.24, 2.45) is 5.92 Å². The third-order valence-electron chi connectivity index (χ3n) is 8.54. The van der Waals surface area contributed by atoms with Gasteiger partial charge in [-0.2, -0.15) is 0 Å². The Kier molecular flexibility index (Phi) is 9.57. The van der Waals surface area contributed by atoms with Crippen LogP contribution in [0.3, 0.4) is 0 Å². The van der Waals surface area contributed by atoms with Gasteiger partial charge in [-0.3, -0.25) is 14.5 Å². The summed E-state index contributed by atoms with van der Waals surface area (Å²) in [5.74, 6) is -3.08. The fourth-order valence-electron chi connectivity index (χ4n) is 6.40. The number of carboxylic acids is 1. The highest BCUT2D eigenvalue weighted by molar-refractivity contribution is 6.30. The molecule has 5 rings (SSSR count). The van der Waals surface area contributed by atoms with Crippen LogP contribution >= 0.6 is 11.6 Å². The lowest BCUT2D eigenvalue weighted by atomic mass is 9.82. The van der Waals surface area contributed by atoms with Gasteiger partial charge < -0.3 is 19.9 Å². The largest absolute Gasteiger partial charge is 0.481 e. The third kappa shape index (κ3) is 6.50. The van der Waals surface area contributed by atoms with Crippen molar-refractivity contribution in [1.29, 1.82) is 0 Å².